The molecule has 18 heavy (non-hydrogen) atoms. The van der Waals surface area contributed by atoms with Gasteiger partial charge < -0.3 is 0 Å². The Morgan fingerprint density at radius 1 is 1.22 bits per heavy atom. The van der Waals surface area contributed by atoms with Crippen LogP contribution < -0.4 is 0 Å². The average molecular weight is 274 g/mol. The lowest BCUT2D eigenvalue weighted by Crippen LogP contribution is -2.40. The largest absolute Gasteiger partial charge is 0.298 e. The molecule has 0 aliphatic heterocycles. The highest BCUT2D eigenvalue weighted by Crippen LogP contribution is 2.27. The van der Waals surface area contributed by atoms with Crippen molar-refractivity contribution in [1.82, 2.24) is 4.90 Å². The van der Waals surface area contributed by atoms with Crippen molar-refractivity contribution in [3.8, 4) is 0 Å². The van der Waals surface area contributed by atoms with Crippen LogP contribution in [0.1, 0.15) is 31.2 Å². The zero-order chi connectivity index (χ0) is 13.1. The highest BCUT2D eigenvalue weighted by molar-refractivity contribution is 6.21. The Bertz CT molecular complexity index is 411. The second-order valence-electron chi connectivity index (χ2n) is 5.03. The van der Waals surface area contributed by atoms with E-state index >= 15 is 0 Å². The number of hydrogen-bond donors (Lipinski definition) is 0. The van der Waals surface area contributed by atoms with E-state index in [1.54, 1.807) is 6.07 Å². The fourth-order valence-electron chi connectivity index (χ4n) is 2.61. The van der Waals surface area contributed by atoms with Crippen LogP contribution in [0.15, 0.2) is 18.2 Å². The molecule has 4 heteroatoms. The number of hydrogen-bond acceptors (Lipinski definition) is 1. The van der Waals surface area contributed by atoms with E-state index in [9.17, 15) is 8.78 Å². The maximum absolute atomic E-state index is 13.1. The molecular weight excluding hydrogens is 256 g/mol. The normalized spacial score (nSPS) is 24.5. The zero-order valence-electron chi connectivity index (χ0n) is 10.5. The molecule has 100 valence electrons. The molecule has 2 atom stereocenters. The molecule has 0 radical (unpaired) electrons. The zero-order valence-corrected chi connectivity index (χ0v) is 11.3. The summed E-state index contributed by atoms with van der Waals surface area (Å²) in [6, 6.07) is 4.39. The highest BCUT2D eigenvalue weighted by atomic mass is 35.5. The van der Waals surface area contributed by atoms with Crippen molar-refractivity contribution in [2.45, 2.75) is 43.6 Å². The first-order valence-corrected chi connectivity index (χ1v) is 6.80. The molecular formula is C14H18ClF2N. The SMILES string of the molecule is CN(Cc1ccc(F)c(F)c1)C1CCCCC1Cl. The van der Waals surface area contributed by atoms with E-state index < -0.39 is 11.6 Å². The predicted molar refractivity (Wildman–Crippen MR) is 69.7 cm³/mol. The molecule has 1 aromatic carbocycles. The minimum atomic E-state index is -0.797. The van der Waals surface area contributed by atoms with Crippen LogP contribution >= 0.6 is 11.6 Å². The van der Waals surface area contributed by atoms with Gasteiger partial charge in [-0.2, -0.15) is 0 Å². The average Bonchev–Trinajstić information content (AvgIpc) is 2.34. The minimum Gasteiger partial charge on any atom is -0.298 e. The smallest absolute Gasteiger partial charge is 0.159 e. The summed E-state index contributed by atoms with van der Waals surface area (Å²) in [6.07, 6.45) is 4.49. The van der Waals surface area contributed by atoms with Gasteiger partial charge in [0.2, 0.25) is 0 Å². The third kappa shape index (κ3) is 3.21. The first-order chi connectivity index (χ1) is 8.58. The second-order valence-corrected chi connectivity index (χ2v) is 5.59. The Hall–Kier alpha value is -0.670. The van der Waals surface area contributed by atoms with Crippen molar-refractivity contribution < 1.29 is 8.78 Å². The van der Waals surface area contributed by atoms with Crippen molar-refractivity contribution in [3.05, 3.63) is 35.4 Å². The van der Waals surface area contributed by atoms with Gasteiger partial charge in [0.25, 0.3) is 0 Å². The van der Waals surface area contributed by atoms with Gasteiger partial charge in [-0.3, -0.25) is 4.90 Å². The highest BCUT2D eigenvalue weighted by Gasteiger charge is 2.26. The van der Waals surface area contributed by atoms with E-state index in [0.717, 1.165) is 18.4 Å². The lowest BCUT2D eigenvalue weighted by molar-refractivity contribution is 0.188. The quantitative estimate of drug-likeness (QED) is 0.754. The van der Waals surface area contributed by atoms with Crippen LogP contribution in [0, 0.1) is 11.6 Å². The molecule has 1 aliphatic carbocycles. The molecule has 1 saturated carbocycles. The van der Waals surface area contributed by atoms with Crippen LogP contribution in [-0.2, 0) is 6.54 Å². The summed E-state index contributed by atoms with van der Waals surface area (Å²) in [5.74, 6) is -1.58. The van der Waals surface area contributed by atoms with E-state index in [1.165, 1.54) is 25.0 Å². The van der Waals surface area contributed by atoms with Gasteiger partial charge in [-0.15, -0.1) is 11.6 Å². The first-order valence-electron chi connectivity index (χ1n) is 6.36. The lowest BCUT2D eigenvalue weighted by Gasteiger charge is -2.35. The van der Waals surface area contributed by atoms with Crippen LogP contribution in [0.2, 0.25) is 0 Å². The van der Waals surface area contributed by atoms with Gasteiger partial charge in [-0.1, -0.05) is 18.9 Å². The number of rotatable bonds is 3. The maximum atomic E-state index is 13.1. The topological polar surface area (TPSA) is 3.24 Å². The van der Waals surface area contributed by atoms with Crippen LogP contribution in [0.3, 0.4) is 0 Å². The van der Waals surface area contributed by atoms with Gasteiger partial charge in [0.15, 0.2) is 11.6 Å². The van der Waals surface area contributed by atoms with E-state index in [1.807, 2.05) is 7.05 Å². The molecule has 1 aromatic rings. The number of nitrogens with zero attached hydrogens (tertiary/aromatic N) is 1. The van der Waals surface area contributed by atoms with Crippen LogP contribution in [0.4, 0.5) is 8.78 Å². The summed E-state index contributed by atoms with van der Waals surface area (Å²) >= 11 is 6.32. The third-order valence-corrected chi connectivity index (χ3v) is 4.14. The van der Waals surface area contributed by atoms with E-state index in [2.05, 4.69) is 4.90 Å². The van der Waals surface area contributed by atoms with Crippen LogP contribution in [-0.4, -0.2) is 23.4 Å². The van der Waals surface area contributed by atoms with E-state index in [4.69, 9.17) is 11.6 Å². The molecule has 0 aromatic heterocycles. The summed E-state index contributed by atoms with van der Waals surface area (Å²) in [7, 11) is 1.99. The van der Waals surface area contributed by atoms with Crippen molar-refractivity contribution in [2.24, 2.45) is 0 Å². The Morgan fingerprint density at radius 3 is 2.61 bits per heavy atom. The molecule has 1 fully saturated rings. The third-order valence-electron chi connectivity index (χ3n) is 3.63. The fourth-order valence-corrected chi connectivity index (χ4v) is 3.08. The Morgan fingerprint density at radius 2 is 1.94 bits per heavy atom. The lowest BCUT2D eigenvalue weighted by atomic mass is 9.93. The molecule has 1 aliphatic rings. The minimum absolute atomic E-state index is 0.161. The van der Waals surface area contributed by atoms with Crippen LogP contribution in [0.5, 0.6) is 0 Å². The van der Waals surface area contributed by atoms with Gasteiger partial charge >= 0.3 is 0 Å². The standard InChI is InChI=1S/C14H18ClF2N/c1-18(14-5-3-2-4-11(14)15)9-10-6-7-12(16)13(17)8-10/h6-8,11,14H,2-5,9H2,1H3. The molecule has 0 saturated heterocycles. The Labute approximate surface area is 112 Å². The summed E-state index contributed by atoms with van der Waals surface area (Å²) in [4.78, 5) is 2.14. The van der Waals surface area contributed by atoms with Crippen molar-refractivity contribution >= 4 is 11.6 Å². The summed E-state index contributed by atoms with van der Waals surface area (Å²) in [6.45, 7) is 0.602. The van der Waals surface area contributed by atoms with Crippen molar-refractivity contribution in [3.63, 3.8) is 0 Å². The summed E-state index contributed by atoms with van der Waals surface area (Å²) in [5, 5.41) is 0.161. The molecule has 2 rings (SSSR count). The Kier molecular flexibility index (Phi) is 4.57. The van der Waals surface area contributed by atoms with Crippen molar-refractivity contribution in [2.75, 3.05) is 7.05 Å². The molecule has 0 N–H and O–H groups in total. The van der Waals surface area contributed by atoms with Gasteiger partial charge in [0.1, 0.15) is 0 Å². The number of alkyl halides is 1. The molecule has 0 heterocycles. The van der Waals surface area contributed by atoms with Gasteiger partial charge in [-0.05, 0) is 37.6 Å². The van der Waals surface area contributed by atoms with Gasteiger partial charge in [0.05, 0.1) is 0 Å². The molecule has 1 nitrogen and oxygen atoms in total. The molecule has 0 spiro atoms. The van der Waals surface area contributed by atoms with Gasteiger partial charge in [0, 0.05) is 18.0 Å². The summed E-state index contributed by atoms with van der Waals surface area (Å²) < 4.78 is 26.0. The second kappa shape index (κ2) is 5.98. The van der Waals surface area contributed by atoms with E-state index in [0.29, 0.717) is 12.6 Å². The first kappa shape index (κ1) is 13.8. The van der Waals surface area contributed by atoms with Gasteiger partial charge in [-0.25, -0.2) is 8.78 Å². The predicted octanol–water partition coefficient (Wildman–Crippen LogP) is 3.95. The fraction of sp³-hybridized carbons (Fsp3) is 0.571. The number of benzene rings is 1. The summed E-state index contributed by atoms with van der Waals surface area (Å²) in [5.41, 5.74) is 0.783. The Balaban J connectivity index is 2.01. The van der Waals surface area contributed by atoms with Crippen LogP contribution in [0.25, 0.3) is 0 Å². The van der Waals surface area contributed by atoms with E-state index in [-0.39, 0.29) is 5.38 Å². The van der Waals surface area contributed by atoms with Crippen molar-refractivity contribution in [1.29, 1.82) is 0 Å². The molecule has 0 bridgehead atoms. The number of halogens is 3. The molecule has 2 unspecified atom stereocenters. The molecule has 0 amide bonds. The monoisotopic (exact) mass is 273 g/mol. The maximum Gasteiger partial charge on any atom is 0.159 e.